The van der Waals surface area contributed by atoms with E-state index < -0.39 is 15.5 Å². The molecule has 1 atom stereocenters. The molecule has 1 heterocycles. The van der Waals surface area contributed by atoms with Gasteiger partial charge in [-0.05, 0) is 31.6 Å². The van der Waals surface area contributed by atoms with Gasteiger partial charge in [-0.3, -0.25) is 4.99 Å². The van der Waals surface area contributed by atoms with Crippen LogP contribution in [0.15, 0.2) is 4.99 Å². The number of nitrogens with one attached hydrogen (secondary N) is 2. The SMILES string of the molecule is CCNC(=NCC(C)CO)NCC1CCN(S(=O)(=O)C(F)(F)F)CC1. The molecule has 1 fully saturated rings. The molecule has 0 saturated carbocycles. The van der Waals surface area contributed by atoms with Crippen LogP contribution in [0.25, 0.3) is 0 Å². The number of sulfonamides is 1. The minimum Gasteiger partial charge on any atom is -0.396 e. The van der Waals surface area contributed by atoms with Crippen LogP contribution in [0.4, 0.5) is 13.2 Å². The highest BCUT2D eigenvalue weighted by molar-refractivity contribution is 7.90. The van der Waals surface area contributed by atoms with E-state index in [1.165, 1.54) is 0 Å². The van der Waals surface area contributed by atoms with Crippen LogP contribution in [0.5, 0.6) is 0 Å². The van der Waals surface area contributed by atoms with E-state index in [1.54, 1.807) is 0 Å². The maximum absolute atomic E-state index is 12.5. The highest BCUT2D eigenvalue weighted by Crippen LogP contribution is 2.30. The van der Waals surface area contributed by atoms with E-state index in [-0.39, 0.29) is 31.5 Å². The third-order valence-corrected chi connectivity index (χ3v) is 5.61. The van der Waals surface area contributed by atoms with E-state index in [0.29, 0.717) is 42.7 Å². The Labute approximate surface area is 146 Å². The fourth-order valence-electron chi connectivity index (χ4n) is 2.39. The third kappa shape index (κ3) is 6.63. The first-order chi connectivity index (χ1) is 11.6. The summed E-state index contributed by atoms with van der Waals surface area (Å²) in [6.45, 7) is 5.15. The molecule has 148 valence electrons. The van der Waals surface area contributed by atoms with Crippen LogP contribution in [-0.4, -0.2) is 68.6 Å². The summed E-state index contributed by atoms with van der Waals surface area (Å²) >= 11 is 0. The number of aliphatic hydroxyl groups excluding tert-OH is 1. The maximum Gasteiger partial charge on any atom is 0.511 e. The average Bonchev–Trinajstić information content (AvgIpc) is 2.56. The highest BCUT2D eigenvalue weighted by atomic mass is 32.2. The Balaban J connectivity index is 2.50. The van der Waals surface area contributed by atoms with Crippen molar-refractivity contribution in [3.05, 3.63) is 0 Å². The quantitative estimate of drug-likeness (QED) is 0.442. The fraction of sp³-hybridized carbons (Fsp3) is 0.929. The molecule has 25 heavy (non-hydrogen) atoms. The summed E-state index contributed by atoms with van der Waals surface area (Å²) in [5.74, 6) is 0.679. The van der Waals surface area contributed by atoms with Crippen LogP contribution in [0, 0.1) is 11.8 Å². The van der Waals surface area contributed by atoms with E-state index in [0.717, 1.165) is 0 Å². The number of hydrogen-bond donors (Lipinski definition) is 3. The molecule has 0 radical (unpaired) electrons. The van der Waals surface area contributed by atoms with E-state index in [9.17, 15) is 21.6 Å². The monoisotopic (exact) mass is 388 g/mol. The van der Waals surface area contributed by atoms with Gasteiger partial charge in [0.1, 0.15) is 0 Å². The summed E-state index contributed by atoms with van der Waals surface area (Å²) in [6, 6.07) is 0. The van der Waals surface area contributed by atoms with Gasteiger partial charge in [-0.1, -0.05) is 6.92 Å². The zero-order valence-electron chi connectivity index (χ0n) is 14.5. The van der Waals surface area contributed by atoms with Crippen molar-refractivity contribution in [2.45, 2.75) is 32.2 Å². The lowest BCUT2D eigenvalue weighted by Gasteiger charge is -2.31. The Morgan fingerprint density at radius 1 is 1.32 bits per heavy atom. The second-order valence-corrected chi connectivity index (χ2v) is 8.11. The summed E-state index contributed by atoms with van der Waals surface area (Å²) in [4.78, 5) is 4.33. The number of rotatable bonds is 7. The number of alkyl halides is 3. The number of aliphatic hydroxyl groups is 1. The largest absolute Gasteiger partial charge is 0.511 e. The zero-order valence-corrected chi connectivity index (χ0v) is 15.3. The lowest BCUT2D eigenvalue weighted by molar-refractivity contribution is -0.0496. The van der Waals surface area contributed by atoms with Crippen LogP contribution in [0.1, 0.15) is 26.7 Å². The molecule has 1 unspecified atom stereocenters. The van der Waals surface area contributed by atoms with Crippen molar-refractivity contribution in [2.75, 3.05) is 39.3 Å². The van der Waals surface area contributed by atoms with E-state index in [2.05, 4.69) is 15.6 Å². The van der Waals surface area contributed by atoms with Gasteiger partial charge in [-0.15, -0.1) is 0 Å². The van der Waals surface area contributed by atoms with Crippen molar-refractivity contribution in [1.82, 2.24) is 14.9 Å². The first-order valence-electron chi connectivity index (χ1n) is 8.31. The second kappa shape index (κ2) is 9.58. The predicted molar refractivity (Wildman–Crippen MR) is 89.5 cm³/mol. The average molecular weight is 388 g/mol. The molecule has 0 bridgehead atoms. The molecule has 0 spiro atoms. The normalized spacial score (nSPS) is 19.7. The Kier molecular flexibility index (Phi) is 8.42. The molecule has 1 saturated heterocycles. The topological polar surface area (TPSA) is 94.0 Å². The molecule has 1 aliphatic heterocycles. The predicted octanol–water partition coefficient (Wildman–Crippen LogP) is 0.732. The van der Waals surface area contributed by atoms with Crippen molar-refractivity contribution in [3.8, 4) is 0 Å². The molecule has 0 amide bonds. The fourth-order valence-corrected chi connectivity index (χ4v) is 3.37. The highest BCUT2D eigenvalue weighted by Gasteiger charge is 2.50. The van der Waals surface area contributed by atoms with E-state index >= 15 is 0 Å². The Morgan fingerprint density at radius 3 is 2.40 bits per heavy atom. The molecular formula is C14H27F3N4O3S. The van der Waals surface area contributed by atoms with E-state index in [4.69, 9.17) is 5.11 Å². The first kappa shape index (κ1) is 22.0. The maximum atomic E-state index is 12.5. The van der Waals surface area contributed by atoms with E-state index in [1.807, 2.05) is 13.8 Å². The van der Waals surface area contributed by atoms with Crippen LogP contribution in [-0.2, 0) is 10.0 Å². The van der Waals surface area contributed by atoms with Crippen molar-refractivity contribution in [2.24, 2.45) is 16.8 Å². The molecule has 7 nitrogen and oxygen atoms in total. The molecule has 0 aliphatic carbocycles. The van der Waals surface area contributed by atoms with Crippen LogP contribution >= 0.6 is 0 Å². The Bertz CT molecular complexity index is 532. The second-order valence-electron chi connectivity index (χ2n) is 6.18. The first-order valence-corrected chi connectivity index (χ1v) is 9.75. The number of piperidine rings is 1. The molecule has 1 aliphatic rings. The summed E-state index contributed by atoms with van der Waals surface area (Å²) in [6.07, 6.45) is 0.712. The molecule has 0 aromatic heterocycles. The number of hydrogen-bond acceptors (Lipinski definition) is 4. The van der Waals surface area contributed by atoms with Crippen molar-refractivity contribution in [3.63, 3.8) is 0 Å². The number of guanidine groups is 1. The minimum atomic E-state index is -5.24. The number of nitrogens with zero attached hydrogens (tertiary/aromatic N) is 2. The van der Waals surface area contributed by atoms with Crippen molar-refractivity contribution < 1.29 is 26.7 Å². The summed E-state index contributed by atoms with van der Waals surface area (Å²) in [5, 5.41) is 15.2. The zero-order chi connectivity index (χ0) is 19.1. The van der Waals surface area contributed by atoms with Crippen molar-refractivity contribution >= 4 is 16.0 Å². The van der Waals surface area contributed by atoms with Crippen LogP contribution in [0.2, 0.25) is 0 Å². The van der Waals surface area contributed by atoms with Gasteiger partial charge in [0.2, 0.25) is 0 Å². The summed E-state index contributed by atoms with van der Waals surface area (Å²) < 4.78 is 60.9. The molecule has 11 heteroatoms. The Hall–Kier alpha value is -1.07. The van der Waals surface area contributed by atoms with Gasteiger partial charge in [-0.25, -0.2) is 8.42 Å². The van der Waals surface area contributed by atoms with Gasteiger partial charge in [0.25, 0.3) is 0 Å². The van der Waals surface area contributed by atoms with Gasteiger partial charge < -0.3 is 15.7 Å². The van der Waals surface area contributed by atoms with Crippen molar-refractivity contribution in [1.29, 1.82) is 0 Å². The lowest BCUT2D eigenvalue weighted by Crippen LogP contribution is -2.47. The van der Waals surface area contributed by atoms with Gasteiger partial charge in [0, 0.05) is 39.3 Å². The summed E-state index contributed by atoms with van der Waals surface area (Å²) in [7, 11) is -5.23. The Morgan fingerprint density at radius 2 is 1.92 bits per heavy atom. The molecular weight excluding hydrogens is 361 g/mol. The van der Waals surface area contributed by atoms with Gasteiger partial charge >= 0.3 is 15.5 Å². The standard InChI is InChI=1S/C14H27F3N4O3S/c1-3-18-13(19-8-11(2)10-22)20-9-12-4-6-21(7-5-12)25(23,24)14(15,16)17/h11-12,22H,3-10H2,1-2H3,(H2,18,19,20). The van der Waals surface area contributed by atoms with Gasteiger partial charge in [-0.2, -0.15) is 17.5 Å². The molecule has 3 N–H and O–H groups in total. The lowest BCUT2D eigenvalue weighted by atomic mass is 9.98. The van der Waals surface area contributed by atoms with Crippen LogP contribution in [0.3, 0.4) is 0 Å². The minimum absolute atomic E-state index is 0.0336. The number of aliphatic imine (C=N–C) groups is 1. The molecule has 0 aromatic carbocycles. The number of halogens is 3. The molecule has 0 aromatic rings. The smallest absolute Gasteiger partial charge is 0.396 e. The summed E-state index contributed by atoms with van der Waals surface area (Å²) in [5.41, 5.74) is -5.24. The third-order valence-electron chi connectivity index (χ3n) is 3.98. The molecule has 1 rings (SSSR count). The van der Waals surface area contributed by atoms with Crippen LogP contribution < -0.4 is 10.6 Å². The van der Waals surface area contributed by atoms with Gasteiger partial charge in [0.05, 0.1) is 0 Å². The van der Waals surface area contributed by atoms with Gasteiger partial charge in [0.15, 0.2) is 5.96 Å².